The zero-order valence-corrected chi connectivity index (χ0v) is 8.79. The summed E-state index contributed by atoms with van der Waals surface area (Å²) in [5.74, 6) is -6.53. The van der Waals surface area contributed by atoms with E-state index in [1.807, 2.05) is 0 Å². The number of rotatable bonds is 2. The van der Waals surface area contributed by atoms with Crippen LogP contribution in [0, 0.1) is 5.82 Å². The van der Waals surface area contributed by atoms with E-state index >= 15 is 0 Å². The van der Waals surface area contributed by atoms with Crippen molar-refractivity contribution in [2.45, 2.75) is 18.1 Å². The molecule has 2 N–H and O–H groups in total. The van der Waals surface area contributed by atoms with E-state index in [-0.39, 0.29) is 5.02 Å². The van der Waals surface area contributed by atoms with Gasteiger partial charge in [-0.15, -0.1) is 0 Å². The lowest BCUT2D eigenvalue weighted by Crippen LogP contribution is -2.46. The van der Waals surface area contributed by atoms with Crippen molar-refractivity contribution in [1.82, 2.24) is 0 Å². The smallest absolute Gasteiger partial charge is 0.319 e. The molecule has 0 spiro atoms. The normalized spacial score (nSPS) is 14.8. The van der Waals surface area contributed by atoms with Crippen molar-refractivity contribution in [2.75, 3.05) is 0 Å². The van der Waals surface area contributed by atoms with Crippen molar-refractivity contribution in [2.24, 2.45) is 5.73 Å². The number of alkyl halides is 5. The molecule has 1 aromatic rings. The van der Waals surface area contributed by atoms with E-state index in [1.54, 1.807) is 0 Å². The largest absolute Gasteiger partial charge is 0.455 e. The Morgan fingerprint density at radius 2 is 1.65 bits per heavy atom. The SMILES string of the molecule is N[C@H](c1ccc(Cl)cc1F)C(F)(F)C(F)(F)F. The molecule has 1 atom stereocenters. The third-order valence-corrected chi connectivity index (χ3v) is 2.30. The molecular weight excluding hydrogens is 272 g/mol. The second kappa shape index (κ2) is 4.38. The number of halogens is 7. The van der Waals surface area contributed by atoms with Gasteiger partial charge >= 0.3 is 12.1 Å². The minimum atomic E-state index is -5.85. The van der Waals surface area contributed by atoms with Crippen molar-refractivity contribution in [3.63, 3.8) is 0 Å². The van der Waals surface area contributed by atoms with E-state index in [9.17, 15) is 26.3 Å². The van der Waals surface area contributed by atoms with Gasteiger partial charge in [-0.3, -0.25) is 0 Å². The van der Waals surface area contributed by atoms with Crippen LogP contribution in [0.1, 0.15) is 11.6 Å². The predicted molar refractivity (Wildman–Crippen MR) is 49.3 cm³/mol. The zero-order valence-electron chi connectivity index (χ0n) is 8.03. The maximum absolute atomic E-state index is 13.2. The minimum absolute atomic E-state index is 0.131. The van der Waals surface area contributed by atoms with Crippen molar-refractivity contribution < 1.29 is 26.3 Å². The first kappa shape index (κ1) is 14.1. The molecule has 0 aliphatic carbocycles. The fraction of sp³-hybridized carbons (Fsp3) is 0.333. The first-order valence-corrected chi connectivity index (χ1v) is 4.60. The van der Waals surface area contributed by atoms with Crippen LogP contribution in [0.5, 0.6) is 0 Å². The lowest BCUT2D eigenvalue weighted by Gasteiger charge is -2.26. The number of hydrogen-bond donors (Lipinski definition) is 1. The van der Waals surface area contributed by atoms with Crippen molar-refractivity contribution in [3.8, 4) is 0 Å². The summed E-state index contributed by atoms with van der Waals surface area (Å²) in [4.78, 5) is 0. The number of benzene rings is 1. The van der Waals surface area contributed by atoms with E-state index in [1.165, 1.54) is 0 Å². The Balaban J connectivity index is 3.17. The van der Waals surface area contributed by atoms with Crippen LogP contribution in [0.15, 0.2) is 18.2 Å². The van der Waals surface area contributed by atoms with Gasteiger partial charge in [0, 0.05) is 10.6 Å². The first-order chi connectivity index (χ1) is 7.57. The molecule has 8 heteroatoms. The maximum atomic E-state index is 13.2. The molecule has 1 rings (SSSR count). The molecule has 0 amide bonds. The molecule has 0 aliphatic heterocycles. The molecule has 0 heterocycles. The molecular formula is C9H6ClF6N. The van der Waals surface area contributed by atoms with Gasteiger partial charge in [0.15, 0.2) is 0 Å². The van der Waals surface area contributed by atoms with Crippen LogP contribution in [0.2, 0.25) is 5.02 Å². The monoisotopic (exact) mass is 277 g/mol. The van der Waals surface area contributed by atoms with E-state index in [0.717, 1.165) is 6.07 Å². The Bertz CT molecular complexity index is 416. The molecule has 0 aliphatic rings. The van der Waals surface area contributed by atoms with E-state index in [0.29, 0.717) is 12.1 Å². The third-order valence-electron chi connectivity index (χ3n) is 2.07. The predicted octanol–water partition coefficient (Wildman–Crippen LogP) is 3.68. The fourth-order valence-corrected chi connectivity index (χ4v) is 1.28. The lowest BCUT2D eigenvalue weighted by atomic mass is 10.0. The molecule has 0 aromatic heterocycles. The van der Waals surface area contributed by atoms with Gasteiger partial charge in [0.25, 0.3) is 0 Å². The summed E-state index contributed by atoms with van der Waals surface area (Å²) in [6.45, 7) is 0. The van der Waals surface area contributed by atoms with Crippen molar-refractivity contribution in [1.29, 1.82) is 0 Å². The average molecular weight is 278 g/mol. The molecule has 0 bridgehead atoms. The van der Waals surface area contributed by atoms with Crippen LogP contribution in [0.4, 0.5) is 26.3 Å². The number of hydrogen-bond acceptors (Lipinski definition) is 1. The summed E-state index contributed by atoms with van der Waals surface area (Å²) in [5, 5.41) is -0.131. The quantitative estimate of drug-likeness (QED) is 0.820. The van der Waals surface area contributed by atoms with Gasteiger partial charge in [-0.25, -0.2) is 4.39 Å². The molecule has 0 radical (unpaired) electrons. The molecule has 1 aromatic carbocycles. The van der Waals surface area contributed by atoms with Gasteiger partial charge in [-0.1, -0.05) is 17.7 Å². The Kier molecular flexibility index (Phi) is 3.63. The zero-order chi connectivity index (χ0) is 13.4. The second-order valence-corrected chi connectivity index (χ2v) is 3.70. The van der Waals surface area contributed by atoms with Gasteiger partial charge < -0.3 is 5.73 Å². The van der Waals surface area contributed by atoms with Crippen LogP contribution in [0.25, 0.3) is 0 Å². The van der Waals surface area contributed by atoms with Gasteiger partial charge in [0.2, 0.25) is 0 Å². The van der Waals surface area contributed by atoms with Gasteiger partial charge in [-0.2, -0.15) is 22.0 Å². The highest BCUT2D eigenvalue weighted by atomic mass is 35.5. The average Bonchev–Trinajstić information content (AvgIpc) is 2.14. The Morgan fingerprint density at radius 3 is 2.06 bits per heavy atom. The molecule has 17 heavy (non-hydrogen) atoms. The molecule has 1 nitrogen and oxygen atoms in total. The summed E-state index contributed by atoms with van der Waals surface area (Å²) in [5.41, 5.74) is 3.81. The highest BCUT2D eigenvalue weighted by Gasteiger charge is 2.62. The lowest BCUT2D eigenvalue weighted by molar-refractivity contribution is -0.291. The topological polar surface area (TPSA) is 26.0 Å². The van der Waals surface area contributed by atoms with Gasteiger partial charge in [-0.05, 0) is 12.1 Å². The summed E-state index contributed by atoms with van der Waals surface area (Å²) >= 11 is 5.34. The summed E-state index contributed by atoms with van der Waals surface area (Å²) in [6, 6.07) is -0.531. The van der Waals surface area contributed by atoms with Crippen molar-refractivity contribution >= 4 is 11.6 Å². The van der Waals surface area contributed by atoms with Gasteiger partial charge in [0.05, 0.1) is 0 Å². The van der Waals surface area contributed by atoms with Crippen LogP contribution in [0.3, 0.4) is 0 Å². The highest BCUT2D eigenvalue weighted by Crippen LogP contribution is 2.43. The van der Waals surface area contributed by atoms with E-state index in [2.05, 4.69) is 0 Å². The molecule has 0 fully saturated rings. The third kappa shape index (κ3) is 2.66. The number of nitrogens with two attached hydrogens (primary N) is 1. The maximum Gasteiger partial charge on any atom is 0.455 e. The van der Waals surface area contributed by atoms with Crippen LogP contribution in [-0.4, -0.2) is 12.1 Å². The minimum Gasteiger partial charge on any atom is -0.319 e. The summed E-state index contributed by atoms with van der Waals surface area (Å²) in [6.07, 6.45) is -5.85. The van der Waals surface area contributed by atoms with Crippen LogP contribution >= 0.6 is 11.6 Å². The Hall–Kier alpha value is -0.950. The Morgan fingerprint density at radius 1 is 1.12 bits per heavy atom. The summed E-state index contributed by atoms with van der Waals surface area (Å²) < 4.78 is 74.8. The van der Waals surface area contributed by atoms with Crippen molar-refractivity contribution in [3.05, 3.63) is 34.6 Å². The van der Waals surface area contributed by atoms with E-state index in [4.69, 9.17) is 17.3 Å². The fourth-order valence-electron chi connectivity index (χ4n) is 1.13. The highest BCUT2D eigenvalue weighted by molar-refractivity contribution is 6.30. The van der Waals surface area contributed by atoms with Crippen LogP contribution < -0.4 is 5.73 Å². The molecule has 0 saturated heterocycles. The standard InChI is InChI=1S/C9H6ClF6N/c10-4-1-2-5(6(11)3-4)7(17)8(12,13)9(14,15)16/h1-3,7H,17H2/t7-/m1/s1. The first-order valence-electron chi connectivity index (χ1n) is 4.22. The second-order valence-electron chi connectivity index (χ2n) is 3.26. The Labute approximate surface area is 97.2 Å². The van der Waals surface area contributed by atoms with Crippen LogP contribution in [-0.2, 0) is 0 Å². The molecule has 0 unspecified atom stereocenters. The molecule has 0 saturated carbocycles. The summed E-state index contributed by atoms with van der Waals surface area (Å²) in [7, 11) is 0. The van der Waals surface area contributed by atoms with Gasteiger partial charge in [0.1, 0.15) is 11.9 Å². The molecule has 96 valence electrons. The van der Waals surface area contributed by atoms with E-state index < -0.39 is 29.5 Å².